The quantitative estimate of drug-likeness (QED) is 0.333. The molecule has 0 aliphatic heterocycles. The van der Waals surface area contributed by atoms with Gasteiger partial charge in [-0.3, -0.25) is 8.37 Å². The van der Waals surface area contributed by atoms with Gasteiger partial charge in [-0.05, 0) is 6.42 Å². The van der Waals surface area contributed by atoms with Crippen molar-refractivity contribution in [2.75, 3.05) is 24.7 Å². The van der Waals surface area contributed by atoms with Gasteiger partial charge in [0.2, 0.25) is 0 Å². The van der Waals surface area contributed by atoms with E-state index in [1.54, 1.807) is 0 Å². The van der Waals surface area contributed by atoms with Crippen LogP contribution in [0.2, 0.25) is 0 Å². The summed E-state index contributed by atoms with van der Waals surface area (Å²) in [5, 5.41) is 0. The average molecular weight is 280 g/mol. The molecule has 0 N–H and O–H groups in total. The molecule has 8 heteroatoms. The molecule has 0 radical (unpaired) electrons. The van der Waals surface area contributed by atoms with Gasteiger partial charge in [0.1, 0.15) is 11.5 Å². The van der Waals surface area contributed by atoms with E-state index in [1.807, 2.05) is 11.8 Å². The maximum absolute atomic E-state index is 10.9. The molecule has 0 bridgehead atoms. The van der Waals surface area contributed by atoms with Crippen LogP contribution < -0.4 is 0 Å². The Labute approximate surface area is 102 Å². The summed E-state index contributed by atoms with van der Waals surface area (Å²) in [6.45, 7) is -0.398. The van der Waals surface area contributed by atoms with Gasteiger partial charge in [-0.1, -0.05) is 11.8 Å². The lowest BCUT2D eigenvalue weighted by molar-refractivity contribution is 0.255. The Balaban J connectivity index is 3.83. The van der Waals surface area contributed by atoms with Crippen molar-refractivity contribution < 1.29 is 25.2 Å². The number of rotatable bonds is 8. The molecule has 0 rings (SSSR count). The van der Waals surface area contributed by atoms with Gasteiger partial charge in [0.05, 0.1) is 13.2 Å². The van der Waals surface area contributed by atoms with Crippen molar-refractivity contribution in [1.82, 2.24) is 0 Å². The maximum atomic E-state index is 10.9. The molecule has 0 aromatic rings. The Hall–Kier alpha value is -1.06. The Morgan fingerprint density at radius 1 is 0.824 bits per heavy atom. The minimum Gasteiger partial charge on any atom is -0.269 e. The highest BCUT2D eigenvalue weighted by Crippen LogP contribution is 1.97. The van der Waals surface area contributed by atoms with Crippen molar-refractivity contribution in [3.63, 3.8) is 0 Å². The normalized spacial score (nSPS) is 11.6. The molecule has 0 aliphatic rings. The molecule has 96 valence electrons. The first-order chi connectivity index (χ1) is 7.83. The minimum absolute atomic E-state index is 0.0909. The molecule has 0 atom stereocenters. The van der Waals surface area contributed by atoms with E-state index in [2.05, 4.69) is 8.37 Å². The van der Waals surface area contributed by atoms with E-state index in [9.17, 15) is 16.8 Å². The van der Waals surface area contributed by atoms with Crippen LogP contribution in [0.1, 0.15) is 6.42 Å². The zero-order valence-electron chi connectivity index (χ0n) is 8.96. The highest BCUT2D eigenvalue weighted by atomic mass is 32.2. The molecule has 0 amide bonds. The van der Waals surface area contributed by atoms with Gasteiger partial charge >= 0.3 is 0 Å². The van der Waals surface area contributed by atoms with Gasteiger partial charge in [-0.25, -0.2) is 0 Å². The predicted molar refractivity (Wildman–Crippen MR) is 61.8 cm³/mol. The highest BCUT2D eigenvalue weighted by Gasteiger charge is 2.10. The number of hydrogen-bond acceptors (Lipinski definition) is 6. The molecule has 0 saturated carbocycles. The SMILES string of the molecule is C#CCS(=O)(=O)OCCCOS(=O)(=O)CC#C. The number of hydrogen-bond donors (Lipinski definition) is 0. The van der Waals surface area contributed by atoms with Gasteiger partial charge < -0.3 is 0 Å². The van der Waals surface area contributed by atoms with E-state index < -0.39 is 31.7 Å². The van der Waals surface area contributed by atoms with Crippen molar-refractivity contribution in [2.24, 2.45) is 0 Å². The molecular weight excluding hydrogens is 268 g/mol. The summed E-state index contributed by atoms with van der Waals surface area (Å²) in [6, 6.07) is 0. The van der Waals surface area contributed by atoms with Crippen molar-refractivity contribution >= 4 is 20.2 Å². The van der Waals surface area contributed by atoms with E-state index >= 15 is 0 Å². The Morgan fingerprint density at radius 2 is 1.18 bits per heavy atom. The molecular formula is C9H12O6S2. The summed E-state index contributed by atoms with van der Waals surface area (Å²) in [5.41, 5.74) is 0. The van der Waals surface area contributed by atoms with Crippen LogP contribution in [-0.2, 0) is 28.6 Å². The summed E-state index contributed by atoms with van der Waals surface area (Å²) in [7, 11) is -7.46. The summed E-state index contributed by atoms with van der Waals surface area (Å²) in [6.07, 6.45) is 9.70. The van der Waals surface area contributed by atoms with E-state index in [0.717, 1.165) is 0 Å². The van der Waals surface area contributed by atoms with Crippen molar-refractivity contribution in [3.8, 4) is 24.7 Å². The Bertz CT molecular complexity index is 455. The van der Waals surface area contributed by atoms with Crippen LogP contribution in [0.25, 0.3) is 0 Å². The standard InChI is InChI=1S/C9H12O6S2/c1-3-8-16(10,11)14-6-5-7-15-17(12,13)9-4-2/h1-2H,5-9H2. The third kappa shape index (κ3) is 8.72. The molecule has 0 heterocycles. The lowest BCUT2D eigenvalue weighted by atomic mass is 10.5. The van der Waals surface area contributed by atoms with Crippen LogP contribution in [0.3, 0.4) is 0 Å². The summed E-state index contributed by atoms with van der Waals surface area (Å²) in [5.74, 6) is 2.81. The van der Waals surface area contributed by atoms with Crippen LogP contribution in [0, 0.1) is 24.7 Å². The molecule has 0 saturated heterocycles. The lowest BCUT2D eigenvalue weighted by Crippen LogP contribution is -2.14. The second kappa shape index (κ2) is 7.30. The van der Waals surface area contributed by atoms with Gasteiger partial charge in [0.25, 0.3) is 20.2 Å². The highest BCUT2D eigenvalue weighted by molar-refractivity contribution is 7.87. The largest absolute Gasteiger partial charge is 0.278 e. The monoisotopic (exact) mass is 280 g/mol. The molecule has 0 aromatic carbocycles. The molecule has 0 aromatic heterocycles. The first-order valence-electron chi connectivity index (χ1n) is 4.44. The molecule has 17 heavy (non-hydrogen) atoms. The van der Waals surface area contributed by atoms with Crippen LogP contribution in [0.15, 0.2) is 0 Å². The third-order valence-electron chi connectivity index (χ3n) is 1.33. The lowest BCUT2D eigenvalue weighted by Gasteiger charge is -2.03. The van der Waals surface area contributed by atoms with E-state index in [-0.39, 0.29) is 19.6 Å². The third-order valence-corrected chi connectivity index (χ3v) is 3.43. The first kappa shape index (κ1) is 15.9. The van der Waals surface area contributed by atoms with Gasteiger partial charge in [-0.15, -0.1) is 12.8 Å². The minimum atomic E-state index is -3.73. The zero-order chi connectivity index (χ0) is 13.4. The van der Waals surface area contributed by atoms with Gasteiger partial charge in [-0.2, -0.15) is 16.8 Å². The van der Waals surface area contributed by atoms with E-state index in [0.29, 0.717) is 0 Å². The zero-order valence-corrected chi connectivity index (χ0v) is 10.6. The fourth-order valence-electron chi connectivity index (χ4n) is 0.718. The van der Waals surface area contributed by atoms with Crippen LogP contribution in [0.4, 0.5) is 0 Å². The fraction of sp³-hybridized carbons (Fsp3) is 0.556. The van der Waals surface area contributed by atoms with E-state index in [4.69, 9.17) is 12.8 Å². The second-order valence-corrected chi connectivity index (χ2v) is 6.09. The topological polar surface area (TPSA) is 86.7 Å². The molecule has 0 aliphatic carbocycles. The summed E-state index contributed by atoms with van der Waals surface area (Å²) >= 11 is 0. The van der Waals surface area contributed by atoms with Gasteiger partial charge in [0, 0.05) is 0 Å². The fourth-order valence-corrected chi connectivity index (χ4v) is 2.04. The van der Waals surface area contributed by atoms with Crippen LogP contribution in [-0.4, -0.2) is 41.6 Å². The molecule has 0 unspecified atom stereocenters. The molecule has 0 spiro atoms. The summed E-state index contributed by atoms with van der Waals surface area (Å²) in [4.78, 5) is 0. The van der Waals surface area contributed by atoms with Gasteiger partial charge in [0.15, 0.2) is 0 Å². The van der Waals surface area contributed by atoms with Crippen LogP contribution in [0.5, 0.6) is 0 Å². The smallest absolute Gasteiger partial charge is 0.269 e. The Kier molecular flexibility index (Phi) is 6.85. The predicted octanol–water partition coefficient (Wildman–Crippen LogP) is -0.664. The maximum Gasteiger partial charge on any atom is 0.278 e. The first-order valence-corrected chi connectivity index (χ1v) is 7.59. The van der Waals surface area contributed by atoms with Crippen molar-refractivity contribution in [3.05, 3.63) is 0 Å². The Morgan fingerprint density at radius 3 is 1.47 bits per heavy atom. The van der Waals surface area contributed by atoms with Crippen molar-refractivity contribution in [1.29, 1.82) is 0 Å². The average Bonchev–Trinajstić information content (AvgIpc) is 2.16. The number of terminal acetylenes is 2. The molecule has 6 nitrogen and oxygen atoms in total. The molecule has 0 fully saturated rings. The van der Waals surface area contributed by atoms with E-state index in [1.165, 1.54) is 0 Å². The van der Waals surface area contributed by atoms with Crippen molar-refractivity contribution in [2.45, 2.75) is 6.42 Å². The second-order valence-electron chi connectivity index (χ2n) is 2.81. The van der Waals surface area contributed by atoms with Crippen LogP contribution >= 0.6 is 0 Å². The summed E-state index contributed by atoms with van der Waals surface area (Å²) < 4.78 is 52.7.